The number of carbonyl (C=O) groups excluding carboxylic acids is 2. The van der Waals surface area contributed by atoms with Crippen LogP contribution >= 0.6 is 23.2 Å². The van der Waals surface area contributed by atoms with E-state index in [-0.39, 0.29) is 12.2 Å². The van der Waals surface area contributed by atoms with E-state index in [9.17, 15) is 9.59 Å². The molecule has 0 radical (unpaired) electrons. The van der Waals surface area contributed by atoms with Crippen molar-refractivity contribution < 1.29 is 19.1 Å². The maximum atomic E-state index is 11.9. The lowest BCUT2D eigenvalue weighted by Gasteiger charge is -2.10. The number of nitrogens with one attached hydrogen (secondary N) is 1. The van der Waals surface area contributed by atoms with Crippen LogP contribution in [0, 0.1) is 0 Å². The van der Waals surface area contributed by atoms with Gasteiger partial charge in [0.1, 0.15) is 5.75 Å². The number of carbonyl (C=O) groups is 2. The average molecular weight is 354 g/mol. The van der Waals surface area contributed by atoms with E-state index in [2.05, 4.69) is 10.1 Å². The van der Waals surface area contributed by atoms with Crippen molar-refractivity contribution in [2.24, 2.45) is 0 Å². The third-order valence-corrected chi connectivity index (χ3v) is 3.39. The molecule has 0 bridgehead atoms. The molecular formula is C16H13Cl2NO4. The Morgan fingerprint density at radius 3 is 2.61 bits per heavy atom. The number of rotatable bonds is 5. The van der Waals surface area contributed by atoms with Crippen molar-refractivity contribution >= 4 is 40.8 Å². The smallest absolute Gasteiger partial charge is 0.337 e. The summed E-state index contributed by atoms with van der Waals surface area (Å²) in [6, 6.07) is 11.1. The molecule has 0 unspecified atom stereocenters. The standard InChI is InChI=1S/C16H13Cl2NO4/c1-22-16(21)10-5-6-13(18)14(7-10)19-15(20)9-23-12-4-2-3-11(17)8-12/h2-8H,9H2,1H3,(H,19,20). The SMILES string of the molecule is COC(=O)c1ccc(Cl)c(NC(=O)COc2cccc(Cl)c2)c1. The predicted octanol–water partition coefficient (Wildman–Crippen LogP) is 3.80. The van der Waals surface area contributed by atoms with Gasteiger partial charge in [0.2, 0.25) is 0 Å². The Labute approximate surface area is 143 Å². The molecule has 0 atom stereocenters. The number of amides is 1. The lowest BCUT2D eigenvalue weighted by molar-refractivity contribution is -0.118. The molecule has 0 aliphatic carbocycles. The molecule has 0 saturated carbocycles. The number of ether oxygens (including phenoxy) is 2. The van der Waals surface area contributed by atoms with Gasteiger partial charge in [0.15, 0.2) is 6.61 Å². The summed E-state index contributed by atoms with van der Waals surface area (Å²) >= 11 is 11.8. The number of benzene rings is 2. The lowest BCUT2D eigenvalue weighted by atomic mass is 10.2. The number of esters is 1. The van der Waals surface area contributed by atoms with Crippen molar-refractivity contribution in [3.8, 4) is 5.75 Å². The Morgan fingerprint density at radius 2 is 1.91 bits per heavy atom. The van der Waals surface area contributed by atoms with Gasteiger partial charge in [-0.05, 0) is 36.4 Å². The van der Waals surface area contributed by atoms with Gasteiger partial charge in [0.05, 0.1) is 23.4 Å². The first-order valence-corrected chi connectivity index (χ1v) is 7.31. The Bertz CT molecular complexity index is 734. The van der Waals surface area contributed by atoms with E-state index in [0.717, 1.165) is 0 Å². The average Bonchev–Trinajstić information content (AvgIpc) is 2.54. The van der Waals surface area contributed by atoms with E-state index >= 15 is 0 Å². The van der Waals surface area contributed by atoms with Crippen LogP contribution in [0.5, 0.6) is 5.75 Å². The predicted molar refractivity (Wildman–Crippen MR) is 88.4 cm³/mol. The number of hydrogen-bond acceptors (Lipinski definition) is 4. The maximum absolute atomic E-state index is 11.9. The third kappa shape index (κ3) is 4.87. The molecule has 120 valence electrons. The second kappa shape index (κ2) is 7.85. The molecule has 0 saturated heterocycles. The number of anilines is 1. The van der Waals surface area contributed by atoms with Crippen molar-refractivity contribution in [2.75, 3.05) is 19.0 Å². The van der Waals surface area contributed by atoms with Gasteiger partial charge < -0.3 is 14.8 Å². The molecule has 2 rings (SSSR count). The molecule has 0 heterocycles. The van der Waals surface area contributed by atoms with Crippen molar-refractivity contribution in [2.45, 2.75) is 0 Å². The minimum absolute atomic E-state index is 0.223. The Kier molecular flexibility index (Phi) is 5.84. The van der Waals surface area contributed by atoms with Crippen molar-refractivity contribution in [3.63, 3.8) is 0 Å². The van der Waals surface area contributed by atoms with Crippen LogP contribution in [0.4, 0.5) is 5.69 Å². The largest absolute Gasteiger partial charge is 0.484 e. The Balaban J connectivity index is 2.01. The molecule has 0 aliphatic rings. The maximum Gasteiger partial charge on any atom is 0.337 e. The second-order valence-electron chi connectivity index (χ2n) is 4.48. The minimum atomic E-state index is -0.521. The first-order chi connectivity index (χ1) is 11.0. The van der Waals surface area contributed by atoms with Crippen LogP contribution in [0.25, 0.3) is 0 Å². The third-order valence-electron chi connectivity index (χ3n) is 2.83. The summed E-state index contributed by atoms with van der Waals surface area (Å²) in [5.74, 6) is -0.469. The molecular weight excluding hydrogens is 341 g/mol. The monoisotopic (exact) mass is 353 g/mol. The van der Waals surface area contributed by atoms with Crippen molar-refractivity contribution in [1.82, 2.24) is 0 Å². The molecule has 2 aromatic rings. The van der Waals surface area contributed by atoms with Crippen molar-refractivity contribution in [3.05, 3.63) is 58.1 Å². The van der Waals surface area contributed by atoms with Gasteiger partial charge in [-0.1, -0.05) is 29.3 Å². The zero-order valence-electron chi connectivity index (χ0n) is 12.1. The lowest BCUT2D eigenvalue weighted by Crippen LogP contribution is -2.20. The minimum Gasteiger partial charge on any atom is -0.484 e. The first-order valence-electron chi connectivity index (χ1n) is 6.55. The summed E-state index contributed by atoms with van der Waals surface area (Å²) in [6.07, 6.45) is 0. The van der Waals surface area contributed by atoms with Gasteiger partial charge in [-0.3, -0.25) is 4.79 Å². The highest BCUT2D eigenvalue weighted by Gasteiger charge is 2.11. The van der Waals surface area contributed by atoms with E-state index in [1.54, 1.807) is 24.3 Å². The van der Waals surface area contributed by atoms with Crippen LogP contribution in [0.15, 0.2) is 42.5 Å². The number of methoxy groups -OCH3 is 1. The molecule has 5 nitrogen and oxygen atoms in total. The van der Waals surface area contributed by atoms with Gasteiger partial charge in [-0.15, -0.1) is 0 Å². The van der Waals surface area contributed by atoms with E-state index in [4.69, 9.17) is 27.9 Å². The first kappa shape index (κ1) is 17.1. The Morgan fingerprint density at radius 1 is 1.13 bits per heavy atom. The van der Waals surface area contributed by atoms with E-state index in [0.29, 0.717) is 21.5 Å². The van der Waals surface area contributed by atoms with E-state index in [1.165, 1.54) is 25.3 Å². The molecule has 1 N–H and O–H groups in total. The zero-order valence-corrected chi connectivity index (χ0v) is 13.6. The molecule has 0 spiro atoms. The summed E-state index contributed by atoms with van der Waals surface area (Å²) in [4.78, 5) is 23.4. The summed E-state index contributed by atoms with van der Waals surface area (Å²) in [5.41, 5.74) is 0.581. The fourth-order valence-electron chi connectivity index (χ4n) is 1.76. The Hall–Kier alpha value is -2.24. The van der Waals surface area contributed by atoms with Crippen molar-refractivity contribution in [1.29, 1.82) is 0 Å². The molecule has 0 aliphatic heterocycles. The topological polar surface area (TPSA) is 64.6 Å². The van der Waals surface area contributed by atoms with Crippen LogP contribution < -0.4 is 10.1 Å². The van der Waals surface area contributed by atoms with Crippen LogP contribution in [0.1, 0.15) is 10.4 Å². The van der Waals surface area contributed by atoms with Crippen LogP contribution in [0.2, 0.25) is 10.0 Å². The summed E-state index contributed by atoms with van der Waals surface area (Å²) in [6.45, 7) is -0.223. The highest BCUT2D eigenvalue weighted by atomic mass is 35.5. The van der Waals surface area contributed by atoms with Gasteiger partial charge >= 0.3 is 5.97 Å². The summed E-state index contributed by atoms with van der Waals surface area (Å²) in [7, 11) is 1.27. The van der Waals surface area contributed by atoms with Gasteiger partial charge in [-0.25, -0.2) is 4.79 Å². The molecule has 2 aromatic carbocycles. The van der Waals surface area contributed by atoms with Crippen LogP contribution in [-0.4, -0.2) is 25.6 Å². The summed E-state index contributed by atoms with van der Waals surface area (Å²) < 4.78 is 9.95. The van der Waals surface area contributed by atoms with Gasteiger partial charge in [0.25, 0.3) is 5.91 Å². The number of hydrogen-bond donors (Lipinski definition) is 1. The van der Waals surface area contributed by atoms with Gasteiger partial charge in [-0.2, -0.15) is 0 Å². The molecule has 0 fully saturated rings. The van der Waals surface area contributed by atoms with Gasteiger partial charge in [0, 0.05) is 5.02 Å². The molecule has 0 aromatic heterocycles. The molecule has 1 amide bonds. The molecule has 7 heteroatoms. The van der Waals surface area contributed by atoms with Crippen LogP contribution in [-0.2, 0) is 9.53 Å². The molecule has 23 heavy (non-hydrogen) atoms. The fourth-order valence-corrected chi connectivity index (χ4v) is 2.10. The normalized spacial score (nSPS) is 10.0. The fraction of sp³-hybridized carbons (Fsp3) is 0.125. The highest BCUT2D eigenvalue weighted by Crippen LogP contribution is 2.23. The second-order valence-corrected chi connectivity index (χ2v) is 5.32. The number of halogens is 2. The van der Waals surface area contributed by atoms with Crippen LogP contribution in [0.3, 0.4) is 0 Å². The zero-order chi connectivity index (χ0) is 16.8. The quantitative estimate of drug-likeness (QED) is 0.830. The highest BCUT2D eigenvalue weighted by molar-refractivity contribution is 6.34. The summed E-state index contributed by atoms with van der Waals surface area (Å²) in [5, 5.41) is 3.39. The van der Waals surface area contributed by atoms with E-state index < -0.39 is 11.9 Å². The van der Waals surface area contributed by atoms with E-state index in [1.807, 2.05) is 0 Å².